The third-order valence-electron chi connectivity index (χ3n) is 8.43. The Morgan fingerprint density at radius 3 is 1.91 bits per heavy atom. The van der Waals surface area contributed by atoms with Crippen LogP contribution in [0.15, 0.2) is 0 Å². The van der Waals surface area contributed by atoms with Crippen LogP contribution < -0.4 is 0 Å². The summed E-state index contributed by atoms with van der Waals surface area (Å²) >= 11 is 0. The predicted molar refractivity (Wildman–Crippen MR) is 123 cm³/mol. The Labute approximate surface area is 239 Å². The van der Waals surface area contributed by atoms with Crippen LogP contribution in [0.1, 0.15) is 58.8 Å². The van der Waals surface area contributed by atoms with E-state index in [0.717, 1.165) is 0 Å². The second-order valence-electron chi connectivity index (χ2n) is 12.2. The fourth-order valence-electron chi connectivity index (χ4n) is 6.74. The van der Waals surface area contributed by atoms with Gasteiger partial charge in [0.25, 0.3) is 5.92 Å². The minimum atomic E-state index is -5.99. The molecule has 17 heteroatoms. The van der Waals surface area contributed by atoms with E-state index < -0.39 is 103 Å². The molecule has 246 valence electrons. The number of hydrogen-bond acceptors (Lipinski definition) is 8. The summed E-state index contributed by atoms with van der Waals surface area (Å²) in [5.41, 5.74) is -1.20. The first kappa shape index (κ1) is 33.6. The van der Waals surface area contributed by atoms with Crippen molar-refractivity contribution < 1.29 is 77.6 Å². The molecule has 8 nitrogen and oxygen atoms in total. The zero-order valence-corrected chi connectivity index (χ0v) is 23.1. The fourth-order valence-corrected chi connectivity index (χ4v) is 6.74. The van der Waals surface area contributed by atoms with Gasteiger partial charge < -0.3 is 23.7 Å². The Morgan fingerprint density at radius 1 is 0.814 bits per heavy atom. The summed E-state index contributed by atoms with van der Waals surface area (Å²) in [6, 6.07) is 0. The van der Waals surface area contributed by atoms with Crippen molar-refractivity contribution in [1.29, 1.82) is 0 Å². The molecule has 1 saturated heterocycles. The van der Waals surface area contributed by atoms with E-state index in [1.165, 1.54) is 0 Å². The van der Waals surface area contributed by atoms with Gasteiger partial charge >= 0.3 is 35.9 Å². The lowest BCUT2D eigenvalue weighted by atomic mass is 9.51. The molecule has 0 aromatic heterocycles. The van der Waals surface area contributed by atoms with E-state index in [1.54, 1.807) is 0 Å². The minimum Gasteiger partial charge on any atom is -0.465 e. The Morgan fingerprint density at radius 2 is 1.37 bits per heavy atom. The van der Waals surface area contributed by atoms with E-state index in [2.05, 4.69) is 4.74 Å². The second kappa shape index (κ2) is 11.2. The van der Waals surface area contributed by atoms with Gasteiger partial charge in [-0.1, -0.05) is 0 Å². The van der Waals surface area contributed by atoms with Crippen molar-refractivity contribution in [2.24, 2.45) is 23.7 Å². The van der Waals surface area contributed by atoms with Crippen LogP contribution in [0.5, 0.6) is 0 Å². The van der Waals surface area contributed by atoms with E-state index in [0.29, 0.717) is 33.1 Å². The molecule has 43 heavy (non-hydrogen) atoms. The smallest absolute Gasteiger partial charge is 0.453 e. The molecule has 1 heterocycles. The fraction of sp³-hybridized carbons (Fsp3) is 0.885. The lowest BCUT2D eigenvalue weighted by molar-refractivity contribution is -0.402. The van der Waals surface area contributed by atoms with Crippen molar-refractivity contribution in [2.45, 2.75) is 100 Å². The van der Waals surface area contributed by atoms with Crippen molar-refractivity contribution in [1.82, 2.24) is 0 Å². The number of hydrogen-bond donors (Lipinski definition) is 0. The van der Waals surface area contributed by atoms with Crippen LogP contribution in [0.3, 0.4) is 0 Å². The van der Waals surface area contributed by atoms with E-state index in [1.807, 2.05) is 0 Å². The van der Waals surface area contributed by atoms with E-state index in [9.17, 15) is 53.9 Å². The molecule has 1 spiro atoms. The molecule has 0 aromatic carbocycles. The van der Waals surface area contributed by atoms with Crippen LogP contribution in [0.4, 0.5) is 39.5 Å². The topological polar surface area (TPSA) is 97.4 Å². The van der Waals surface area contributed by atoms with Crippen LogP contribution in [-0.4, -0.2) is 79.2 Å². The summed E-state index contributed by atoms with van der Waals surface area (Å²) in [6.45, 7) is -0.889. The highest BCUT2D eigenvalue weighted by Gasteiger charge is 2.68. The minimum absolute atomic E-state index is 0.0226. The van der Waals surface area contributed by atoms with Gasteiger partial charge in [0.2, 0.25) is 0 Å². The average molecular weight is 643 g/mol. The summed E-state index contributed by atoms with van der Waals surface area (Å²) in [4.78, 5) is 35.9. The molecule has 0 radical (unpaired) electrons. The van der Waals surface area contributed by atoms with Crippen molar-refractivity contribution >= 4 is 17.9 Å². The van der Waals surface area contributed by atoms with Gasteiger partial charge in [-0.25, -0.2) is 13.6 Å². The van der Waals surface area contributed by atoms with E-state index >= 15 is 0 Å². The van der Waals surface area contributed by atoms with Crippen LogP contribution in [0, 0.1) is 23.7 Å². The maximum Gasteiger partial charge on any atom is 0.453 e. The summed E-state index contributed by atoms with van der Waals surface area (Å²) in [7, 11) is 0. The molecular weight excluding hydrogens is 611 g/mol. The Bertz CT molecular complexity index is 1070. The average Bonchev–Trinajstić information content (AvgIpc) is 2.82. The molecule has 4 saturated carbocycles. The molecule has 4 atom stereocenters. The molecule has 4 unspecified atom stereocenters. The first-order valence-electron chi connectivity index (χ1n) is 13.6. The highest BCUT2D eigenvalue weighted by molar-refractivity contribution is 5.77. The van der Waals surface area contributed by atoms with Crippen molar-refractivity contribution in [2.75, 3.05) is 19.8 Å². The van der Waals surface area contributed by atoms with Gasteiger partial charge in [-0.15, -0.1) is 0 Å². The number of esters is 3. The third kappa shape index (κ3) is 7.34. The molecule has 5 fully saturated rings. The third-order valence-corrected chi connectivity index (χ3v) is 8.43. The molecule has 4 bridgehead atoms. The standard InChI is InChI=1S/C26H31F9O8/c1-21(27,28)8-18(36)40-12-17-14(10-39-19(37)9-24(31,32)26(33,34)35)11-41-25(42-17)15-3-13-4-16(25)7-23(5-13,6-15)43-20(38)22(2,29)30/h13-17H,3-12H2,1-2H3. The first-order valence-corrected chi connectivity index (χ1v) is 13.6. The largest absolute Gasteiger partial charge is 0.465 e. The van der Waals surface area contributed by atoms with Gasteiger partial charge in [-0.05, 0) is 44.9 Å². The highest BCUT2D eigenvalue weighted by atomic mass is 19.4. The first-order chi connectivity index (χ1) is 19.5. The van der Waals surface area contributed by atoms with Crippen LogP contribution in [0.2, 0.25) is 0 Å². The molecule has 5 rings (SSSR count). The lowest BCUT2D eigenvalue weighted by Gasteiger charge is -2.65. The number of rotatable bonds is 10. The summed E-state index contributed by atoms with van der Waals surface area (Å²) in [5, 5.41) is 0. The van der Waals surface area contributed by atoms with Crippen molar-refractivity contribution in [3.63, 3.8) is 0 Å². The molecule has 0 aromatic rings. The van der Waals surface area contributed by atoms with Crippen LogP contribution >= 0.6 is 0 Å². The normalized spacial score (nSPS) is 34.3. The summed E-state index contributed by atoms with van der Waals surface area (Å²) < 4.78 is 145. The summed E-state index contributed by atoms with van der Waals surface area (Å²) in [6.07, 6.45) is -9.31. The molecule has 0 N–H and O–H groups in total. The van der Waals surface area contributed by atoms with Gasteiger partial charge in [0.1, 0.15) is 31.2 Å². The number of ether oxygens (including phenoxy) is 5. The number of alkyl halides is 9. The maximum absolute atomic E-state index is 13.6. The van der Waals surface area contributed by atoms with Crippen molar-refractivity contribution in [3.05, 3.63) is 0 Å². The van der Waals surface area contributed by atoms with Crippen LogP contribution in [0.25, 0.3) is 0 Å². The zero-order valence-electron chi connectivity index (χ0n) is 23.1. The van der Waals surface area contributed by atoms with Gasteiger partial charge in [0.15, 0.2) is 5.79 Å². The number of carbonyl (C=O) groups is 3. The molecular formula is C26H31F9O8. The predicted octanol–water partition coefficient (Wildman–Crippen LogP) is 5.21. The van der Waals surface area contributed by atoms with Gasteiger partial charge in [0, 0.05) is 24.7 Å². The molecule has 4 aliphatic carbocycles. The SMILES string of the molecule is CC(F)(F)CC(=O)OCC1OC2(OCC1COC(=O)CC(F)(F)C(F)(F)F)C1CC3CC2CC(OC(=O)C(C)(F)F)(C3)C1. The highest BCUT2D eigenvalue weighted by Crippen LogP contribution is 2.64. The maximum atomic E-state index is 13.6. The van der Waals surface area contributed by atoms with E-state index in [4.69, 9.17) is 18.9 Å². The van der Waals surface area contributed by atoms with Gasteiger partial charge in [0.05, 0.1) is 13.2 Å². The van der Waals surface area contributed by atoms with E-state index in [-0.39, 0.29) is 25.4 Å². The molecule has 0 amide bonds. The zero-order chi connectivity index (χ0) is 32.2. The van der Waals surface area contributed by atoms with Gasteiger partial charge in [-0.2, -0.15) is 30.7 Å². The Balaban J connectivity index is 1.48. The monoisotopic (exact) mass is 642 g/mol. The quantitative estimate of drug-likeness (QED) is 0.182. The second-order valence-corrected chi connectivity index (χ2v) is 12.2. The lowest BCUT2D eigenvalue weighted by Crippen LogP contribution is -2.69. The number of carbonyl (C=O) groups excluding carboxylic acids is 3. The number of halogens is 9. The molecule has 5 aliphatic rings. The molecule has 1 aliphatic heterocycles. The summed E-state index contributed by atoms with van der Waals surface area (Å²) in [5.74, 6) is -20.9. The Hall–Kier alpha value is -2.30. The Kier molecular flexibility index (Phi) is 8.79. The van der Waals surface area contributed by atoms with Crippen LogP contribution in [-0.2, 0) is 38.1 Å². The van der Waals surface area contributed by atoms with Crippen molar-refractivity contribution in [3.8, 4) is 0 Å². The van der Waals surface area contributed by atoms with Gasteiger partial charge in [-0.3, -0.25) is 9.59 Å².